The molecule has 0 fully saturated rings. The number of hydrogen-bond donors (Lipinski definition) is 2. The third-order valence-corrected chi connectivity index (χ3v) is 4.69. The lowest BCUT2D eigenvalue weighted by Gasteiger charge is -2.07. The molecule has 0 saturated carbocycles. The monoisotopic (exact) mass is 288 g/mol. The molecule has 102 valence electrons. The summed E-state index contributed by atoms with van der Waals surface area (Å²) in [7, 11) is -1.56. The van der Waals surface area contributed by atoms with Gasteiger partial charge in [-0.05, 0) is 49.1 Å². The molecule has 1 rings (SSSR count). The fourth-order valence-electron chi connectivity index (χ4n) is 1.46. The molecule has 18 heavy (non-hydrogen) atoms. The third kappa shape index (κ3) is 4.88. The Labute approximate surface area is 114 Å². The van der Waals surface area contributed by atoms with Gasteiger partial charge in [-0.1, -0.05) is 0 Å². The van der Waals surface area contributed by atoms with E-state index in [1.165, 1.54) is 0 Å². The second kappa shape index (κ2) is 7.66. The maximum Gasteiger partial charge on any atom is 0.240 e. The number of benzene rings is 1. The van der Waals surface area contributed by atoms with Crippen molar-refractivity contribution in [3.63, 3.8) is 0 Å². The van der Waals surface area contributed by atoms with Gasteiger partial charge in [-0.3, -0.25) is 0 Å². The van der Waals surface area contributed by atoms with E-state index in [0.29, 0.717) is 11.4 Å². The van der Waals surface area contributed by atoms with Gasteiger partial charge in [0.05, 0.1) is 4.90 Å². The van der Waals surface area contributed by atoms with Crippen LogP contribution in [0.15, 0.2) is 29.2 Å². The Balaban J connectivity index is 2.51. The van der Waals surface area contributed by atoms with Gasteiger partial charge in [-0.25, -0.2) is 13.1 Å². The molecule has 0 aliphatic rings. The zero-order valence-electron chi connectivity index (χ0n) is 10.8. The highest BCUT2D eigenvalue weighted by Gasteiger charge is 2.12. The van der Waals surface area contributed by atoms with Crippen LogP contribution in [0.4, 0.5) is 5.69 Å². The summed E-state index contributed by atoms with van der Waals surface area (Å²) in [6.07, 6.45) is 3.95. The van der Waals surface area contributed by atoms with E-state index in [-0.39, 0.29) is 0 Å². The number of hydrogen-bond acceptors (Lipinski definition) is 4. The highest BCUT2D eigenvalue weighted by molar-refractivity contribution is 7.98. The zero-order chi connectivity index (χ0) is 13.4. The van der Waals surface area contributed by atoms with Crippen LogP contribution in [0.2, 0.25) is 0 Å². The maximum atomic E-state index is 11.9. The predicted molar refractivity (Wildman–Crippen MR) is 78.8 cm³/mol. The molecule has 4 nitrogen and oxygen atoms in total. The van der Waals surface area contributed by atoms with Gasteiger partial charge >= 0.3 is 0 Å². The van der Waals surface area contributed by atoms with Gasteiger partial charge in [-0.2, -0.15) is 11.8 Å². The van der Waals surface area contributed by atoms with Crippen molar-refractivity contribution in [2.24, 2.45) is 0 Å². The van der Waals surface area contributed by atoms with Crippen molar-refractivity contribution in [2.45, 2.75) is 17.7 Å². The van der Waals surface area contributed by atoms with Crippen LogP contribution in [0.3, 0.4) is 0 Å². The molecule has 1 aromatic carbocycles. The largest absolute Gasteiger partial charge is 0.388 e. The van der Waals surface area contributed by atoms with Crippen LogP contribution in [0.5, 0.6) is 0 Å². The van der Waals surface area contributed by atoms with Crippen LogP contribution in [-0.2, 0) is 10.0 Å². The quantitative estimate of drug-likeness (QED) is 0.720. The fourth-order valence-corrected chi connectivity index (χ4v) is 3.03. The standard InChI is InChI=1S/C12H20N2O2S2/c1-13-11-5-7-12(8-6-11)18(15,16)14-9-3-4-10-17-2/h5-8,13-14H,3-4,9-10H2,1-2H3. The van der Waals surface area contributed by atoms with E-state index in [4.69, 9.17) is 0 Å². The van der Waals surface area contributed by atoms with Gasteiger partial charge in [-0.15, -0.1) is 0 Å². The number of sulfonamides is 1. The summed E-state index contributed by atoms with van der Waals surface area (Å²) in [4.78, 5) is 0.311. The highest BCUT2D eigenvalue weighted by atomic mass is 32.2. The first-order chi connectivity index (χ1) is 8.60. The molecule has 0 aromatic heterocycles. The van der Waals surface area contributed by atoms with Gasteiger partial charge in [0.1, 0.15) is 0 Å². The van der Waals surface area contributed by atoms with Crippen molar-refractivity contribution in [3.05, 3.63) is 24.3 Å². The average molecular weight is 288 g/mol. The predicted octanol–water partition coefficient (Wildman–Crippen LogP) is 2.15. The van der Waals surface area contributed by atoms with Crippen LogP contribution < -0.4 is 10.0 Å². The number of nitrogens with one attached hydrogen (secondary N) is 2. The van der Waals surface area contributed by atoms with Crippen LogP contribution in [-0.4, -0.2) is 34.0 Å². The van der Waals surface area contributed by atoms with Crippen molar-refractivity contribution in [1.82, 2.24) is 4.72 Å². The van der Waals surface area contributed by atoms with Gasteiger partial charge < -0.3 is 5.32 Å². The number of rotatable bonds is 8. The van der Waals surface area contributed by atoms with E-state index in [1.807, 2.05) is 6.26 Å². The molecule has 6 heteroatoms. The van der Waals surface area contributed by atoms with Gasteiger partial charge in [0.15, 0.2) is 0 Å². The Kier molecular flexibility index (Phi) is 6.52. The summed E-state index contributed by atoms with van der Waals surface area (Å²) in [5.74, 6) is 1.07. The maximum absolute atomic E-state index is 11.9. The number of unbranched alkanes of at least 4 members (excludes halogenated alkanes) is 1. The second-order valence-corrected chi connectivity index (χ2v) is 6.62. The number of thioether (sulfide) groups is 1. The second-order valence-electron chi connectivity index (χ2n) is 3.87. The molecule has 0 saturated heterocycles. The lowest BCUT2D eigenvalue weighted by atomic mass is 10.3. The smallest absolute Gasteiger partial charge is 0.240 e. The summed E-state index contributed by atoms with van der Waals surface area (Å²) >= 11 is 1.78. The molecule has 1 aromatic rings. The Morgan fingerprint density at radius 3 is 2.39 bits per heavy atom. The minimum Gasteiger partial charge on any atom is -0.388 e. The fraction of sp³-hybridized carbons (Fsp3) is 0.500. The molecule has 0 bridgehead atoms. The normalized spacial score (nSPS) is 11.4. The van der Waals surface area contributed by atoms with E-state index in [2.05, 4.69) is 10.0 Å². The molecule has 0 aliphatic carbocycles. The molecule has 0 amide bonds. The summed E-state index contributed by atoms with van der Waals surface area (Å²) in [6.45, 7) is 0.497. The molecular formula is C12H20N2O2S2. The summed E-state index contributed by atoms with van der Waals surface area (Å²) in [5.41, 5.74) is 0.897. The molecule has 0 spiro atoms. The summed E-state index contributed by atoms with van der Waals surface area (Å²) in [6, 6.07) is 6.72. The minimum atomic E-state index is -3.36. The highest BCUT2D eigenvalue weighted by Crippen LogP contribution is 2.13. The van der Waals surface area contributed by atoms with E-state index in [9.17, 15) is 8.42 Å². The Morgan fingerprint density at radius 2 is 1.83 bits per heavy atom. The third-order valence-electron chi connectivity index (χ3n) is 2.52. The molecular weight excluding hydrogens is 268 g/mol. The lowest BCUT2D eigenvalue weighted by Crippen LogP contribution is -2.24. The van der Waals surface area contributed by atoms with Crippen molar-refractivity contribution >= 4 is 27.5 Å². The first-order valence-corrected chi connectivity index (χ1v) is 8.74. The average Bonchev–Trinajstić information content (AvgIpc) is 2.38. The van der Waals surface area contributed by atoms with E-state index >= 15 is 0 Å². The Hall–Kier alpha value is -0.720. The SMILES string of the molecule is CNc1ccc(S(=O)(=O)NCCCCSC)cc1. The first kappa shape index (κ1) is 15.3. The molecule has 0 heterocycles. The van der Waals surface area contributed by atoms with Gasteiger partial charge in [0.25, 0.3) is 0 Å². The van der Waals surface area contributed by atoms with Gasteiger partial charge in [0.2, 0.25) is 10.0 Å². The lowest BCUT2D eigenvalue weighted by molar-refractivity contribution is 0.578. The molecule has 2 N–H and O–H groups in total. The van der Waals surface area contributed by atoms with Crippen molar-refractivity contribution in [2.75, 3.05) is 30.9 Å². The van der Waals surface area contributed by atoms with E-state index in [1.54, 1.807) is 43.1 Å². The van der Waals surface area contributed by atoms with Crippen molar-refractivity contribution < 1.29 is 8.42 Å². The van der Waals surface area contributed by atoms with Crippen LogP contribution in [0, 0.1) is 0 Å². The van der Waals surface area contributed by atoms with Gasteiger partial charge in [0, 0.05) is 19.3 Å². The Bertz CT molecular complexity index is 444. The first-order valence-electron chi connectivity index (χ1n) is 5.86. The minimum absolute atomic E-state index is 0.311. The summed E-state index contributed by atoms with van der Waals surface area (Å²) < 4.78 is 26.5. The van der Waals surface area contributed by atoms with Crippen molar-refractivity contribution in [3.8, 4) is 0 Å². The van der Waals surface area contributed by atoms with E-state index in [0.717, 1.165) is 24.3 Å². The zero-order valence-corrected chi connectivity index (χ0v) is 12.4. The topological polar surface area (TPSA) is 58.2 Å². The molecule has 0 atom stereocenters. The number of anilines is 1. The van der Waals surface area contributed by atoms with Crippen LogP contribution in [0.25, 0.3) is 0 Å². The Morgan fingerprint density at radius 1 is 1.17 bits per heavy atom. The van der Waals surface area contributed by atoms with Crippen molar-refractivity contribution in [1.29, 1.82) is 0 Å². The van der Waals surface area contributed by atoms with E-state index < -0.39 is 10.0 Å². The summed E-state index contributed by atoms with van der Waals surface area (Å²) in [5, 5.41) is 2.95. The molecule has 0 aliphatic heterocycles. The van der Waals surface area contributed by atoms with Crippen LogP contribution >= 0.6 is 11.8 Å². The molecule has 0 radical (unpaired) electrons. The van der Waals surface area contributed by atoms with Crippen LogP contribution in [0.1, 0.15) is 12.8 Å². The molecule has 0 unspecified atom stereocenters.